The van der Waals surface area contributed by atoms with Gasteiger partial charge in [0.1, 0.15) is 28.9 Å². The summed E-state index contributed by atoms with van der Waals surface area (Å²) in [5, 5.41) is 12.1. The Morgan fingerprint density at radius 3 is 2.68 bits per heavy atom. The van der Waals surface area contributed by atoms with Crippen molar-refractivity contribution in [2.24, 2.45) is 4.99 Å². The SMILES string of the molecule is CC(C)(C)OC(=O)CN1CCN(c2cccc(C3CN=C(/C=C\C(=N)N4CCCC4c4cccc(F)c4)N3)n2)CC1. The fourth-order valence-corrected chi connectivity index (χ4v) is 5.60. The van der Waals surface area contributed by atoms with E-state index in [0.29, 0.717) is 18.9 Å². The molecule has 1 aromatic heterocycles. The second-order valence-electron chi connectivity index (χ2n) is 11.8. The Morgan fingerprint density at radius 2 is 1.93 bits per heavy atom. The lowest BCUT2D eigenvalue weighted by atomic mass is 10.0. The normalized spacial score (nSPS) is 21.7. The summed E-state index contributed by atoms with van der Waals surface area (Å²) in [7, 11) is 0. The van der Waals surface area contributed by atoms with E-state index in [4.69, 9.17) is 15.1 Å². The first kappa shape index (κ1) is 28.7. The van der Waals surface area contributed by atoms with E-state index in [9.17, 15) is 9.18 Å². The van der Waals surface area contributed by atoms with Gasteiger partial charge in [0.25, 0.3) is 0 Å². The van der Waals surface area contributed by atoms with E-state index in [1.165, 1.54) is 6.07 Å². The summed E-state index contributed by atoms with van der Waals surface area (Å²) in [6.45, 7) is 10.4. The highest BCUT2D eigenvalue weighted by molar-refractivity contribution is 6.01. The van der Waals surface area contributed by atoms with Crippen molar-refractivity contribution < 1.29 is 13.9 Å². The molecule has 2 fully saturated rings. The number of benzene rings is 1. The van der Waals surface area contributed by atoms with Gasteiger partial charge in [-0.15, -0.1) is 0 Å². The largest absolute Gasteiger partial charge is 0.459 e. The van der Waals surface area contributed by atoms with E-state index in [0.717, 1.165) is 68.5 Å². The number of hydrogen-bond donors (Lipinski definition) is 2. The van der Waals surface area contributed by atoms with Gasteiger partial charge in [0, 0.05) is 32.7 Å². The number of halogens is 1. The highest BCUT2D eigenvalue weighted by Crippen LogP contribution is 2.32. The number of anilines is 1. The molecule has 0 aliphatic carbocycles. The summed E-state index contributed by atoms with van der Waals surface area (Å²) >= 11 is 0. The van der Waals surface area contributed by atoms with Crippen molar-refractivity contribution in [3.8, 4) is 0 Å². The molecule has 2 unspecified atom stereocenters. The molecule has 2 aromatic rings. The monoisotopic (exact) mass is 561 g/mol. The zero-order valence-electron chi connectivity index (χ0n) is 24.1. The van der Waals surface area contributed by atoms with Gasteiger partial charge < -0.3 is 19.9 Å². The first-order valence-electron chi connectivity index (χ1n) is 14.4. The van der Waals surface area contributed by atoms with Crippen LogP contribution in [0.4, 0.5) is 10.2 Å². The van der Waals surface area contributed by atoms with Crippen LogP contribution in [0.1, 0.15) is 57.0 Å². The van der Waals surface area contributed by atoms with E-state index in [2.05, 4.69) is 20.1 Å². The molecule has 9 nitrogen and oxygen atoms in total. The minimum absolute atomic E-state index is 0.0141. The molecule has 3 aliphatic rings. The average molecular weight is 562 g/mol. The second-order valence-corrected chi connectivity index (χ2v) is 11.8. The minimum atomic E-state index is -0.472. The van der Waals surface area contributed by atoms with Gasteiger partial charge >= 0.3 is 5.97 Å². The zero-order chi connectivity index (χ0) is 29.0. The van der Waals surface area contributed by atoms with Crippen molar-refractivity contribution in [3.63, 3.8) is 0 Å². The van der Waals surface area contributed by atoms with Gasteiger partial charge in [-0.2, -0.15) is 0 Å². The van der Waals surface area contributed by atoms with Crippen LogP contribution in [-0.2, 0) is 9.53 Å². The number of aromatic nitrogens is 1. The lowest BCUT2D eigenvalue weighted by Crippen LogP contribution is -2.49. The maximum Gasteiger partial charge on any atom is 0.320 e. The number of nitrogens with zero attached hydrogens (tertiary/aromatic N) is 5. The number of piperazine rings is 1. The molecule has 0 saturated carbocycles. The van der Waals surface area contributed by atoms with Gasteiger partial charge in [0.15, 0.2) is 0 Å². The molecule has 0 amide bonds. The zero-order valence-corrected chi connectivity index (χ0v) is 24.1. The quantitative estimate of drug-likeness (QED) is 0.299. The molecule has 3 aliphatic heterocycles. The minimum Gasteiger partial charge on any atom is -0.459 e. The molecular formula is C31H40FN7O2. The maximum absolute atomic E-state index is 13.8. The number of ether oxygens (including phenoxy) is 1. The van der Waals surface area contributed by atoms with Gasteiger partial charge in [-0.1, -0.05) is 18.2 Å². The van der Waals surface area contributed by atoms with E-state index < -0.39 is 5.60 Å². The molecule has 0 bridgehead atoms. The average Bonchev–Trinajstić information content (AvgIpc) is 3.62. The van der Waals surface area contributed by atoms with Gasteiger partial charge in [0.2, 0.25) is 0 Å². The third-order valence-corrected chi connectivity index (χ3v) is 7.54. The summed E-state index contributed by atoms with van der Waals surface area (Å²) in [6, 6.07) is 12.7. The molecule has 41 heavy (non-hydrogen) atoms. The van der Waals surface area contributed by atoms with E-state index in [-0.39, 0.29) is 23.9 Å². The molecular weight excluding hydrogens is 521 g/mol. The Labute approximate surface area is 241 Å². The third-order valence-electron chi connectivity index (χ3n) is 7.54. The van der Waals surface area contributed by atoms with Gasteiger partial charge in [-0.05, 0) is 75.6 Å². The van der Waals surface area contributed by atoms with Gasteiger partial charge in [-0.3, -0.25) is 20.1 Å². The number of nitrogens with one attached hydrogen (secondary N) is 2. The van der Waals surface area contributed by atoms with Crippen LogP contribution in [0.5, 0.6) is 0 Å². The van der Waals surface area contributed by atoms with Crippen LogP contribution >= 0.6 is 0 Å². The molecule has 218 valence electrons. The Bertz CT molecular complexity index is 1310. The fraction of sp³-hybridized carbons (Fsp3) is 0.484. The number of aliphatic imine (C=N–C) groups is 1. The number of amidine groups is 2. The number of carbonyl (C=O) groups excluding carboxylic acids is 1. The standard InChI is InChI=1S/C31H40FN7O2/c1-31(2,3)41-30(40)21-37-15-17-38(18-16-37)29-11-5-9-24(36-29)25-20-34-28(35-25)13-12-27(33)39-14-6-10-26(39)22-7-4-8-23(32)19-22/h4-5,7-9,11-13,19,25-26,33H,6,10,14-18,20-21H2,1-3H3,(H,34,35)/b13-12-,33-27?. The molecule has 10 heteroatoms. The summed E-state index contributed by atoms with van der Waals surface area (Å²) < 4.78 is 19.2. The maximum atomic E-state index is 13.8. The van der Waals surface area contributed by atoms with Crippen LogP contribution in [0, 0.1) is 11.2 Å². The number of likely N-dealkylation sites (tertiary alicyclic amines) is 1. The van der Waals surface area contributed by atoms with Crippen LogP contribution in [0.2, 0.25) is 0 Å². The first-order valence-corrected chi connectivity index (χ1v) is 14.4. The van der Waals surface area contributed by atoms with E-state index >= 15 is 0 Å². The number of hydrogen-bond acceptors (Lipinski definition) is 8. The molecule has 2 saturated heterocycles. The van der Waals surface area contributed by atoms with E-state index in [1.807, 2.05) is 56.0 Å². The smallest absolute Gasteiger partial charge is 0.320 e. The molecule has 1 aromatic carbocycles. The Hall–Kier alpha value is -3.79. The van der Waals surface area contributed by atoms with Crippen LogP contribution < -0.4 is 10.2 Å². The van der Waals surface area contributed by atoms with Crippen LogP contribution in [0.3, 0.4) is 0 Å². The molecule has 0 spiro atoms. The summed E-state index contributed by atoms with van der Waals surface area (Å²) in [5.74, 6) is 1.61. The van der Waals surface area contributed by atoms with Crippen LogP contribution in [0.15, 0.2) is 59.6 Å². The predicted molar refractivity (Wildman–Crippen MR) is 159 cm³/mol. The number of rotatable bonds is 7. The molecule has 2 atom stereocenters. The number of pyridine rings is 1. The van der Waals surface area contributed by atoms with Crippen molar-refractivity contribution in [3.05, 3.63) is 71.7 Å². The molecule has 2 N–H and O–H groups in total. The lowest BCUT2D eigenvalue weighted by Gasteiger charge is -2.35. The van der Waals surface area contributed by atoms with Crippen molar-refractivity contribution in [2.45, 2.75) is 51.3 Å². The Balaban J connectivity index is 1.13. The topological polar surface area (TPSA) is 97.2 Å². The first-order chi connectivity index (χ1) is 19.6. The lowest BCUT2D eigenvalue weighted by molar-refractivity contribution is -0.156. The summed E-state index contributed by atoms with van der Waals surface area (Å²) in [6.07, 6.45) is 5.49. The van der Waals surface area contributed by atoms with Gasteiger partial charge in [0.05, 0.1) is 30.9 Å². The predicted octanol–water partition coefficient (Wildman–Crippen LogP) is 4.10. The van der Waals surface area contributed by atoms with Crippen molar-refractivity contribution in [2.75, 3.05) is 50.7 Å². The van der Waals surface area contributed by atoms with Gasteiger partial charge in [-0.25, -0.2) is 9.37 Å². The number of carbonyl (C=O) groups is 1. The second kappa shape index (κ2) is 12.4. The molecule has 4 heterocycles. The summed E-state index contributed by atoms with van der Waals surface area (Å²) in [5.41, 5.74) is 1.36. The van der Waals surface area contributed by atoms with Crippen molar-refractivity contribution in [1.82, 2.24) is 20.1 Å². The fourth-order valence-electron chi connectivity index (χ4n) is 5.60. The van der Waals surface area contributed by atoms with Crippen molar-refractivity contribution in [1.29, 1.82) is 5.41 Å². The molecule has 5 rings (SSSR count). The molecule has 0 radical (unpaired) electrons. The third kappa shape index (κ3) is 7.49. The van der Waals surface area contributed by atoms with E-state index in [1.54, 1.807) is 18.2 Å². The Kier molecular flexibility index (Phi) is 8.68. The van der Waals surface area contributed by atoms with Crippen molar-refractivity contribution >= 4 is 23.5 Å². The summed E-state index contributed by atoms with van der Waals surface area (Å²) in [4.78, 5) is 28.2. The highest BCUT2D eigenvalue weighted by atomic mass is 19.1. The van der Waals surface area contributed by atoms with Crippen LogP contribution in [-0.4, -0.2) is 83.8 Å². The Morgan fingerprint density at radius 1 is 1.15 bits per heavy atom. The highest BCUT2D eigenvalue weighted by Gasteiger charge is 2.28. The number of esters is 1. The van der Waals surface area contributed by atoms with Crippen LogP contribution in [0.25, 0.3) is 0 Å².